The van der Waals surface area contributed by atoms with Crippen molar-refractivity contribution in [2.45, 2.75) is 45.4 Å². The van der Waals surface area contributed by atoms with Crippen LogP contribution in [0.25, 0.3) is 0 Å². The molecule has 24 heavy (non-hydrogen) atoms. The molecule has 1 aromatic heterocycles. The van der Waals surface area contributed by atoms with Gasteiger partial charge in [-0.3, -0.25) is 4.90 Å². The Morgan fingerprint density at radius 1 is 1.25 bits per heavy atom. The van der Waals surface area contributed by atoms with Gasteiger partial charge in [0, 0.05) is 6.20 Å². The van der Waals surface area contributed by atoms with Gasteiger partial charge in [0.15, 0.2) is 0 Å². The van der Waals surface area contributed by atoms with Gasteiger partial charge in [-0.25, -0.2) is 9.78 Å². The van der Waals surface area contributed by atoms with Gasteiger partial charge in [-0.2, -0.15) is 4.98 Å². The van der Waals surface area contributed by atoms with Crippen LogP contribution in [0.3, 0.4) is 0 Å². The highest BCUT2D eigenvalue weighted by atomic mass is 16.6. The Hall–Kier alpha value is -2.63. The molecule has 2 heterocycles. The van der Waals surface area contributed by atoms with Crippen LogP contribution in [0.4, 0.5) is 16.6 Å². The molecular weight excluding hydrogens is 304 g/mol. The molecule has 1 aliphatic rings. The lowest BCUT2D eigenvalue weighted by molar-refractivity contribution is 0.129. The molecule has 0 saturated carbocycles. The first-order valence-corrected chi connectivity index (χ1v) is 8.05. The molecule has 0 spiro atoms. The standard InChI is InChI=1S/C18H22N4O2/c1-12(14-8-6-5-7-9-14)20-16-19-11-10-15(21-16)22-17(23)24-13(2)18(22,3)4/h5-13H,1-4H3,(H,19,20,21)/t12-,13?/m0/s1. The molecule has 0 radical (unpaired) electrons. The van der Waals surface area contributed by atoms with E-state index in [4.69, 9.17) is 4.74 Å². The average Bonchev–Trinajstić information content (AvgIpc) is 2.76. The molecule has 1 saturated heterocycles. The Morgan fingerprint density at radius 3 is 2.58 bits per heavy atom. The number of ether oxygens (including phenoxy) is 1. The SMILES string of the molecule is CC1OC(=O)N(c2ccnc(N[C@@H](C)c3ccccc3)n2)C1(C)C. The zero-order valence-corrected chi connectivity index (χ0v) is 14.4. The molecule has 3 rings (SSSR count). The van der Waals surface area contributed by atoms with E-state index in [1.807, 2.05) is 58.0 Å². The van der Waals surface area contributed by atoms with Crippen molar-refractivity contribution in [1.29, 1.82) is 0 Å². The monoisotopic (exact) mass is 326 g/mol. The lowest BCUT2D eigenvalue weighted by Gasteiger charge is -2.29. The molecule has 2 aromatic rings. The van der Waals surface area contributed by atoms with Crippen molar-refractivity contribution >= 4 is 17.9 Å². The second-order valence-corrected chi connectivity index (χ2v) is 6.53. The van der Waals surface area contributed by atoms with E-state index in [9.17, 15) is 4.79 Å². The summed E-state index contributed by atoms with van der Waals surface area (Å²) >= 11 is 0. The summed E-state index contributed by atoms with van der Waals surface area (Å²) < 4.78 is 5.34. The number of nitrogens with zero attached hydrogens (tertiary/aromatic N) is 3. The molecule has 1 amide bonds. The number of nitrogens with one attached hydrogen (secondary N) is 1. The van der Waals surface area contributed by atoms with E-state index in [-0.39, 0.29) is 18.2 Å². The van der Waals surface area contributed by atoms with E-state index in [0.717, 1.165) is 5.56 Å². The van der Waals surface area contributed by atoms with Crippen LogP contribution in [0, 0.1) is 0 Å². The van der Waals surface area contributed by atoms with Gasteiger partial charge >= 0.3 is 6.09 Å². The number of cyclic esters (lactones) is 1. The van der Waals surface area contributed by atoms with Crippen LogP contribution in [0.1, 0.15) is 39.3 Å². The molecule has 1 N–H and O–H groups in total. The summed E-state index contributed by atoms with van der Waals surface area (Å²) in [6, 6.07) is 11.8. The molecule has 6 heteroatoms. The number of aromatic nitrogens is 2. The predicted octanol–water partition coefficient (Wildman–Crippen LogP) is 3.77. The normalized spacial score (nSPS) is 20.6. The fraction of sp³-hybridized carbons (Fsp3) is 0.389. The second-order valence-electron chi connectivity index (χ2n) is 6.53. The number of benzene rings is 1. The van der Waals surface area contributed by atoms with Gasteiger partial charge in [-0.15, -0.1) is 0 Å². The van der Waals surface area contributed by atoms with Gasteiger partial charge in [0.25, 0.3) is 0 Å². The van der Waals surface area contributed by atoms with E-state index in [1.165, 1.54) is 0 Å². The largest absolute Gasteiger partial charge is 0.444 e. The summed E-state index contributed by atoms with van der Waals surface area (Å²) in [6.07, 6.45) is 1.06. The molecular formula is C18H22N4O2. The van der Waals surface area contributed by atoms with Crippen molar-refractivity contribution in [2.75, 3.05) is 10.2 Å². The van der Waals surface area contributed by atoms with E-state index in [1.54, 1.807) is 17.2 Å². The summed E-state index contributed by atoms with van der Waals surface area (Å²) in [4.78, 5) is 22.5. The van der Waals surface area contributed by atoms with Gasteiger partial charge < -0.3 is 10.1 Å². The van der Waals surface area contributed by atoms with Crippen molar-refractivity contribution in [3.05, 3.63) is 48.2 Å². The molecule has 6 nitrogen and oxygen atoms in total. The summed E-state index contributed by atoms with van der Waals surface area (Å²) in [6.45, 7) is 7.85. The van der Waals surface area contributed by atoms with Crippen LogP contribution >= 0.6 is 0 Å². The number of hydrogen-bond donors (Lipinski definition) is 1. The summed E-state index contributed by atoms with van der Waals surface area (Å²) in [5.74, 6) is 1.01. The van der Waals surface area contributed by atoms with E-state index in [2.05, 4.69) is 15.3 Å². The second kappa shape index (κ2) is 6.11. The topological polar surface area (TPSA) is 67.3 Å². The Morgan fingerprint density at radius 2 is 1.96 bits per heavy atom. The number of amides is 1. The van der Waals surface area contributed by atoms with Crippen molar-refractivity contribution < 1.29 is 9.53 Å². The molecule has 0 bridgehead atoms. The molecule has 1 aliphatic heterocycles. The van der Waals surface area contributed by atoms with Crippen molar-refractivity contribution in [3.63, 3.8) is 0 Å². The highest BCUT2D eigenvalue weighted by Crippen LogP contribution is 2.34. The minimum atomic E-state index is -0.465. The third-order valence-electron chi connectivity index (χ3n) is 4.55. The number of rotatable bonds is 4. The third kappa shape index (κ3) is 2.91. The van der Waals surface area contributed by atoms with Crippen LogP contribution in [-0.4, -0.2) is 27.7 Å². The number of carbonyl (C=O) groups is 1. The van der Waals surface area contributed by atoms with Crippen molar-refractivity contribution in [1.82, 2.24) is 9.97 Å². The van der Waals surface area contributed by atoms with Crippen LogP contribution in [0.5, 0.6) is 0 Å². The van der Waals surface area contributed by atoms with E-state index >= 15 is 0 Å². The first kappa shape index (κ1) is 16.2. The van der Waals surface area contributed by atoms with Crippen LogP contribution in [0.2, 0.25) is 0 Å². The molecule has 0 aliphatic carbocycles. The molecule has 1 unspecified atom stereocenters. The molecule has 1 aromatic carbocycles. The Kier molecular flexibility index (Phi) is 4.13. The minimum absolute atomic E-state index is 0.0545. The van der Waals surface area contributed by atoms with Crippen molar-refractivity contribution in [2.24, 2.45) is 0 Å². The molecule has 2 atom stereocenters. The lowest BCUT2D eigenvalue weighted by Crippen LogP contribution is -2.45. The van der Waals surface area contributed by atoms with Gasteiger partial charge in [0.1, 0.15) is 11.9 Å². The third-order valence-corrected chi connectivity index (χ3v) is 4.55. The first-order chi connectivity index (χ1) is 11.4. The van der Waals surface area contributed by atoms with E-state index in [0.29, 0.717) is 11.8 Å². The fourth-order valence-corrected chi connectivity index (χ4v) is 2.72. The zero-order chi connectivity index (χ0) is 17.3. The smallest absolute Gasteiger partial charge is 0.416 e. The number of hydrogen-bond acceptors (Lipinski definition) is 5. The Labute approximate surface area is 141 Å². The van der Waals surface area contributed by atoms with Crippen LogP contribution < -0.4 is 10.2 Å². The van der Waals surface area contributed by atoms with Crippen molar-refractivity contribution in [3.8, 4) is 0 Å². The quantitative estimate of drug-likeness (QED) is 0.926. The average molecular weight is 326 g/mol. The van der Waals surface area contributed by atoms with Gasteiger partial charge in [-0.1, -0.05) is 30.3 Å². The number of carbonyl (C=O) groups excluding carboxylic acids is 1. The summed E-state index contributed by atoms with van der Waals surface area (Å²) in [5.41, 5.74) is 0.675. The molecule has 126 valence electrons. The summed E-state index contributed by atoms with van der Waals surface area (Å²) in [7, 11) is 0. The first-order valence-electron chi connectivity index (χ1n) is 8.05. The predicted molar refractivity (Wildman–Crippen MR) is 93.0 cm³/mol. The van der Waals surface area contributed by atoms with Crippen LogP contribution in [-0.2, 0) is 4.74 Å². The highest BCUT2D eigenvalue weighted by Gasteiger charge is 2.47. The van der Waals surface area contributed by atoms with E-state index < -0.39 is 5.54 Å². The fourth-order valence-electron chi connectivity index (χ4n) is 2.72. The minimum Gasteiger partial charge on any atom is -0.444 e. The number of anilines is 2. The Bertz CT molecular complexity index is 733. The van der Waals surface area contributed by atoms with Gasteiger partial charge in [0.2, 0.25) is 5.95 Å². The van der Waals surface area contributed by atoms with Gasteiger partial charge in [0.05, 0.1) is 11.6 Å². The maximum atomic E-state index is 12.2. The zero-order valence-electron chi connectivity index (χ0n) is 14.4. The molecule has 1 fully saturated rings. The maximum absolute atomic E-state index is 12.2. The lowest BCUT2D eigenvalue weighted by atomic mass is 9.98. The Balaban J connectivity index is 1.84. The maximum Gasteiger partial charge on any atom is 0.416 e. The van der Waals surface area contributed by atoms with Gasteiger partial charge in [-0.05, 0) is 39.3 Å². The summed E-state index contributed by atoms with van der Waals surface area (Å²) in [5, 5.41) is 3.27. The van der Waals surface area contributed by atoms with Crippen LogP contribution in [0.15, 0.2) is 42.6 Å². The highest BCUT2D eigenvalue weighted by molar-refractivity contribution is 5.90.